The van der Waals surface area contributed by atoms with Crippen molar-refractivity contribution >= 4 is 8.32 Å². The van der Waals surface area contributed by atoms with Gasteiger partial charge in [-0.15, -0.1) is 0 Å². The Labute approximate surface area is 82.7 Å². The highest BCUT2D eigenvalue weighted by Gasteiger charge is 2.21. The molecule has 1 rings (SSSR count). The molecule has 0 aromatic heterocycles. The van der Waals surface area contributed by atoms with Gasteiger partial charge in [0.25, 0.3) is 0 Å². The average molecular weight is 202 g/mol. The molecule has 2 nitrogen and oxygen atoms in total. The van der Waals surface area contributed by atoms with Crippen LogP contribution in [0.1, 0.15) is 26.2 Å². The fraction of sp³-hybridized carbons (Fsp3) is 1.00. The van der Waals surface area contributed by atoms with Gasteiger partial charge in [0.2, 0.25) is 0 Å². The molecule has 1 fully saturated rings. The Kier molecular flexibility index (Phi) is 3.95. The van der Waals surface area contributed by atoms with E-state index < -0.39 is 8.32 Å². The molecule has 1 saturated heterocycles. The fourth-order valence-electron chi connectivity index (χ4n) is 1.60. The van der Waals surface area contributed by atoms with Crippen molar-refractivity contribution in [1.29, 1.82) is 0 Å². The van der Waals surface area contributed by atoms with Crippen LogP contribution in [0.5, 0.6) is 0 Å². The monoisotopic (exact) mass is 202 g/mol. The van der Waals surface area contributed by atoms with Crippen LogP contribution in [-0.4, -0.2) is 27.1 Å². The number of hydrogen-bond donors (Lipinski definition) is 0. The highest BCUT2D eigenvalue weighted by Crippen LogP contribution is 2.19. The normalized spacial score (nSPS) is 25.4. The standard InChI is InChI=1S/C10H22O2Si/c1-9(12-13(2,3)4)5-6-10-7-8-11-10/h9-10H,5-8H2,1-4H3. The quantitative estimate of drug-likeness (QED) is 0.638. The van der Waals surface area contributed by atoms with E-state index in [1.807, 2.05) is 0 Å². The van der Waals surface area contributed by atoms with Gasteiger partial charge in [0.05, 0.1) is 6.10 Å². The molecule has 0 aromatic carbocycles. The van der Waals surface area contributed by atoms with Crippen molar-refractivity contribution in [3.05, 3.63) is 0 Å². The molecule has 78 valence electrons. The molecule has 0 bridgehead atoms. The first-order valence-electron chi connectivity index (χ1n) is 5.27. The SMILES string of the molecule is CC(CCC1CCO1)O[Si](C)(C)C. The Morgan fingerprint density at radius 1 is 1.46 bits per heavy atom. The largest absolute Gasteiger partial charge is 0.415 e. The van der Waals surface area contributed by atoms with Crippen LogP contribution in [0.2, 0.25) is 19.6 Å². The molecule has 1 heterocycles. The summed E-state index contributed by atoms with van der Waals surface area (Å²) in [7, 11) is -1.33. The maximum absolute atomic E-state index is 5.94. The van der Waals surface area contributed by atoms with Gasteiger partial charge < -0.3 is 9.16 Å². The average Bonchev–Trinajstić information content (AvgIpc) is 1.78. The smallest absolute Gasteiger partial charge is 0.184 e. The molecule has 0 aromatic rings. The Morgan fingerprint density at radius 2 is 2.08 bits per heavy atom. The van der Waals surface area contributed by atoms with Crippen molar-refractivity contribution in [2.75, 3.05) is 6.61 Å². The Morgan fingerprint density at radius 3 is 2.46 bits per heavy atom. The van der Waals surface area contributed by atoms with Gasteiger partial charge in [-0.3, -0.25) is 0 Å². The molecule has 0 spiro atoms. The van der Waals surface area contributed by atoms with E-state index in [-0.39, 0.29) is 0 Å². The Hall–Kier alpha value is 0.137. The zero-order chi connectivity index (χ0) is 9.90. The molecule has 0 aliphatic carbocycles. The summed E-state index contributed by atoms with van der Waals surface area (Å²) in [6.45, 7) is 9.86. The summed E-state index contributed by atoms with van der Waals surface area (Å²) in [5.41, 5.74) is 0. The van der Waals surface area contributed by atoms with Gasteiger partial charge >= 0.3 is 0 Å². The Balaban J connectivity index is 2.06. The van der Waals surface area contributed by atoms with E-state index in [0.717, 1.165) is 13.0 Å². The number of rotatable bonds is 5. The zero-order valence-electron chi connectivity index (χ0n) is 9.30. The summed E-state index contributed by atoms with van der Waals surface area (Å²) >= 11 is 0. The lowest BCUT2D eigenvalue weighted by molar-refractivity contribution is -0.0590. The minimum atomic E-state index is -1.33. The molecule has 0 N–H and O–H groups in total. The summed E-state index contributed by atoms with van der Waals surface area (Å²) < 4.78 is 11.3. The predicted molar refractivity (Wildman–Crippen MR) is 57.5 cm³/mol. The van der Waals surface area contributed by atoms with E-state index in [9.17, 15) is 0 Å². The van der Waals surface area contributed by atoms with Crippen LogP contribution >= 0.6 is 0 Å². The van der Waals surface area contributed by atoms with Crippen LogP contribution in [0.15, 0.2) is 0 Å². The summed E-state index contributed by atoms with van der Waals surface area (Å²) in [5.74, 6) is 0. The molecule has 2 atom stereocenters. The number of hydrogen-bond acceptors (Lipinski definition) is 2. The van der Waals surface area contributed by atoms with Crippen molar-refractivity contribution in [3.8, 4) is 0 Å². The highest BCUT2D eigenvalue weighted by molar-refractivity contribution is 6.69. The predicted octanol–water partition coefficient (Wildman–Crippen LogP) is 2.80. The summed E-state index contributed by atoms with van der Waals surface area (Å²) in [6.07, 6.45) is 4.52. The second-order valence-corrected chi connectivity index (χ2v) is 9.36. The lowest BCUT2D eigenvalue weighted by Crippen LogP contribution is -2.32. The lowest BCUT2D eigenvalue weighted by Gasteiger charge is -2.29. The minimum Gasteiger partial charge on any atom is -0.415 e. The maximum Gasteiger partial charge on any atom is 0.184 e. The Bertz CT molecular complexity index is 149. The van der Waals surface area contributed by atoms with Gasteiger partial charge in [0.1, 0.15) is 0 Å². The second-order valence-electron chi connectivity index (χ2n) is 4.90. The van der Waals surface area contributed by atoms with Gasteiger partial charge in [-0.05, 0) is 45.8 Å². The fourth-order valence-corrected chi connectivity index (χ4v) is 2.92. The van der Waals surface area contributed by atoms with Crippen LogP contribution in [0.25, 0.3) is 0 Å². The molecule has 1 aliphatic rings. The molecule has 3 heteroatoms. The van der Waals surface area contributed by atoms with Crippen LogP contribution in [-0.2, 0) is 9.16 Å². The third-order valence-electron chi connectivity index (χ3n) is 2.24. The highest BCUT2D eigenvalue weighted by atomic mass is 28.4. The van der Waals surface area contributed by atoms with Crippen LogP contribution in [0.3, 0.4) is 0 Å². The molecular weight excluding hydrogens is 180 g/mol. The van der Waals surface area contributed by atoms with Gasteiger partial charge in [-0.2, -0.15) is 0 Å². The minimum absolute atomic E-state index is 0.413. The molecule has 0 saturated carbocycles. The van der Waals surface area contributed by atoms with Crippen LogP contribution in [0, 0.1) is 0 Å². The second kappa shape index (κ2) is 4.58. The van der Waals surface area contributed by atoms with Crippen LogP contribution < -0.4 is 0 Å². The molecular formula is C10H22O2Si. The van der Waals surface area contributed by atoms with Gasteiger partial charge in [-0.1, -0.05) is 0 Å². The third kappa shape index (κ3) is 4.79. The topological polar surface area (TPSA) is 18.5 Å². The van der Waals surface area contributed by atoms with Crippen molar-refractivity contribution in [3.63, 3.8) is 0 Å². The molecule has 2 unspecified atom stereocenters. The van der Waals surface area contributed by atoms with Gasteiger partial charge in [0.15, 0.2) is 8.32 Å². The first-order chi connectivity index (χ1) is 5.97. The zero-order valence-corrected chi connectivity index (χ0v) is 10.3. The van der Waals surface area contributed by atoms with Gasteiger partial charge in [-0.25, -0.2) is 0 Å². The maximum atomic E-state index is 5.94. The third-order valence-corrected chi connectivity index (χ3v) is 3.35. The van der Waals surface area contributed by atoms with Crippen LogP contribution in [0.4, 0.5) is 0 Å². The van der Waals surface area contributed by atoms with Gasteiger partial charge in [0, 0.05) is 12.7 Å². The molecule has 0 amide bonds. The summed E-state index contributed by atoms with van der Waals surface area (Å²) in [5, 5.41) is 0. The van der Waals surface area contributed by atoms with E-state index in [4.69, 9.17) is 9.16 Å². The van der Waals surface area contributed by atoms with E-state index >= 15 is 0 Å². The molecule has 0 radical (unpaired) electrons. The molecule has 13 heavy (non-hydrogen) atoms. The summed E-state index contributed by atoms with van der Waals surface area (Å²) in [6, 6.07) is 0. The molecule has 1 aliphatic heterocycles. The van der Waals surface area contributed by atoms with Crippen molar-refractivity contribution < 1.29 is 9.16 Å². The lowest BCUT2D eigenvalue weighted by atomic mass is 10.1. The van der Waals surface area contributed by atoms with E-state index in [1.54, 1.807) is 0 Å². The first kappa shape index (κ1) is 11.2. The first-order valence-corrected chi connectivity index (χ1v) is 8.67. The van der Waals surface area contributed by atoms with E-state index in [0.29, 0.717) is 12.2 Å². The van der Waals surface area contributed by atoms with E-state index in [2.05, 4.69) is 26.6 Å². The van der Waals surface area contributed by atoms with Crippen molar-refractivity contribution in [1.82, 2.24) is 0 Å². The van der Waals surface area contributed by atoms with Crippen molar-refractivity contribution in [2.24, 2.45) is 0 Å². The van der Waals surface area contributed by atoms with E-state index in [1.165, 1.54) is 12.8 Å². The van der Waals surface area contributed by atoms with Crippen molar-refractivity contribution in [2.45, 2.75) is 58.0 Å². The number of ether oxygens (including phenoxy) is 1. The summed E-state index contributed by atoms with van der Waals surface area (Å²) in [4.78, 5) is 0.